The third-order valence-corrected chi connectivity index (χ3v) is 4.63. The van der Waals surface area contributed by atoms with Gasteiger partial charge in [0.15, 0.2) is 11.5 Å². The second kappa shape index (κ2) is 7.01. The minimum absolute atomic E-state index is 0.0137. The second-order valence-corrected chi connectivity index (χ2v) is 6.40. The molecule has 1 aromatic rings. The van der Waals surface area contributed by atoms with Gasteiger partial charge in [0.05, 0.1) is 24.0 Å². The lowest BCUT2D eigenvalue weighted by molar-refractivity contribution is -0.310. The highest BCUT2D eigenvalue weighted by atomic mass is 32.2. The molecule has 1 aliphatic heterocycles. The Morgan fingerprint density at radius 1 is 1.57 bits per heavy atom. The summed E-state index contributed by atoms with van der Waals surface area (Å²) in [5.74, 6) is -1.55. The van der Waals surface area contributed by atoms with Gasteiger partial charge in [-0.1, -0.05) is 37.0 Å². The summed E-state index contributed by atoms with van der Waals surface area (Å²) in [7, 11) is 1.42. The lowest BCUT2D eigenvalue weighted by Crippen LogP contribution is -2.49. The van der Waals surface area contributed by atoms with Gasteiger partial charge in [0.25, 0.3) is 5.91 Å². The number of aromatic hydroxyl groups is 1. The maximum absolute atomic E-state index is 12.4. The number of thioether (sulfide) groups is 1. The van der Waals surface area contributed by atoms with Crippen molar-refractivity contribution >= 4 is 46.3 Å². The first kappa shape index (κ1) is 17.3. The summed E-state index contributed by atoms with van der Waals surface area (Å²) >= 11 is 6.14. The standard InChI is InChI=1S/C15H15NO5S2/c1-3-9(14(19)20)16-13(18)12(23-15(16)22)7-8-4-5-10(17)11(6-8)21-2/h4-7,9,17H,3H2,1-2H3,(H,19,20)/p-1/b12-7-/t9-/m1/s1. The first-order valence-electron chi connectivity index (χ1n) is 6.74. The summed E-state index contributed by atoms with van der Waals surface area (Å²) in [4.78, 5) is 25.0. The summed E-state index contributed by atoms with van der Waals surface area (Å²) < 4.78 is 5.20. The lowest BCUT2D eigenvalue weighted by Gasteiger charge is -2.26. The average molecular weight is 352 g/mol. The van der Waals surface area contributed by atoms with Crippen molar-refractivity contribution in [1.82, 2.24) is 4.90 Å². The fourth-order valence-corrected chi connectivity index (χ4v) is 3.50. The minimum atomic E-state index is -1.34. The Labute approximate surface area is 142 Å². The van der Waals surface area contributed by atoms with E-state index in [0.29, 0.717) is 10.5 Å². The molecule has 1 aliphatic rings. The smallest absolute Gasteiger partial charge is 0.266 e. The Bertz CT molecular complexity index is 701. The minimum Gasteiger partial charge on any atom is -0.548 e. The SMILES string of the molecule is CC[C@H](C(=O)[O-])N1C(=O)/C(=C/c2ccc(O)c(OC)c2)SC1=S. The predicted molar refractivity (Wildman–Crippen MR) is 88.8 cm³/mol. The maximum atomic E-state index is 12.4. The van der Waals surface area contributed by atoms with Gasteiger partial charge in [0, 0.05) is 0 Å². The van der Waals surface area contributed by atoms with Gasteiger partial charge >= 0.3 is 0 Å². The largest absolute Gasteiger partial charge is 0.548 e. The quantitative estimate of drug-likeness (QED) is 0.627. The molecule has 1 fully saturated rings. The Morgan fingerprint density at radius 2 is 2.26 bits per heavy atom. The topological polar surface area (TPSA) is 89.9 Å². The molecule has 1 aromatic carbocycles. The molecular formula is C15H14NO5S2-. The summed E-state index contributed by atoms with van der Waals surface area (Å²) in [6.07, 6.45) is 1.78. The van der Waals surface area contributed by atoms with Crippen molar-refractivity contribution in [2.24, 2.45) is 0 Å². The molecule has 6 nitrogen and oxygen atoms in total. The van der Waals surface area contributed by atoms with Gasteiger partial charge in [-0.05, 0) is 30.2 Å². The average Bonchev–Trinajstić information content (AvgIpc) is 2.77. The van der Waals surface area contributed by atoms with Crippen LogP contribution in [0.3, 0.4) is 0 Å². The van der Waals surface area contributed by atoms with Crippen molar-refractivity contribution in [2.45, 2.75) is 19.4 Å². The molecule has 1 atom stereocenters. The lowest BCUT2D eigenvalue weighted by atomic mass is 10.1. The molecule has 0 saturated carbocycles. The number of hydrogen-bond acceptors (Lipinski definition) is 7. The van der Waals surface area contributed by atoms with Crippen molar-refractivity contribution < 1.29 is 24.5 Å². The zero-order valence-electron chi connectivity index (χ0n) is 12.4. The third kappa shape index (κ3) is 3.48. The number of methoxy groups -OCH3 is 1. The maximum Gasteiger partial charge on any atom is 0.266 e. The molecule has 0 aliphatic carbocycles. The van der Waals surface area contributed by atoms with E-state index in [1.54, 1.807) is 25.1 Å². The molecular weight excluding hydrogens is 338 g/mol. The van der Waals surface area contributed by atoms with Crippen LogP contribution < -0.4 is 9.84 Å². The Morgan fingerprint density at radius 3 is 2.83 bits per heavy atom. The zero-order chi connectivity index (χ0) is 17.1. The summed E-state index contributed by atoms with van der Waals surface area (Å²) in [5.41, 5.74) is 0.627. The number of ether oxygens (including phenoxy) is 1. The van der Waals surface area contributed by atoms with Crippen molar-refractivity contribution in [2.75, 3.05) is 7.11 Å². The Balaban J connectivity index is 2.33. The number of benzene rings is 1. The molecule has 0 spiro atoms. The van der Waals surface area contributed by atoms with Crippen molar-refractivity contribution in [3.63, 3.8) is 0 Å². The number of hydrogen-bond donors (Lipinski definition) is 1. The monoisotopic (exact) mass is 352 g/mol. The summed E-state index contributed by atoms with van der Waals surface area (Å²) in [6.45, 7) is 1.65. The predicted octanol–water partition coefficient (Wildman–Crippen LogP) is 1.13. The van der Waals surface area contributed by atoms with Crippen LogP contribution in [0.2, 0.25) is 0 Å². The van der Waals surface area contributed by atoms with E-state index in [0.717, 1.165) is 16.7 Å². The van der Waals surface area contributed by atoms with E-state index < -0.39 is 17.9 Å². The van der Waals surface area contributed by atoms with Gasteiger partial charge in [0.2, 0.25) is 0 Å². The summed E-state index contributed by atoms with van der Waals surface area (Å²) in [6, 6.07) is 3.54. The third-order valence-electron chi connectivity index (χ3n) is 3.30. The van der Waals surface area contributed by atoms with Crippen LogP contribution >= 0.6 is 24.0 Å². The van der Waals surface area contributed by atoms with Crippen LogP contribution in [0.4, 0.5) is 0 Å². The van der Waals surface area contributed by atoms with Crippen molar-refractivity contribution in [3.05, 3.63) is 28.7 Å². The number of phenolic OH excluding ortho intramolecular Hbond substituents is 1. The molecule has 2 rings (SSSR count). The van der Waals surface area contributed by atoms with E-state index in [1.165, 1.54) is 13.2 Å². The molecule has 1 N–H and O–H groups in total. The number of carboxylic acid groups (broad SMARTS) is 1. The number of aliphatic carboxylic acids is 1. The van der Waals surface area contributed by atoms with Gasteiger partial charge < -0.3 is 19.7 Å². The molecule has 0 unspecified atom stereocenters. The molecule has 23 heavy (non-hydrogen) atoms. The number of rotatable bonds is 5. The van der Waals surface area contributed by atoms with E-state index in [-0.39, 0.29) is 22.2 Å². The van der Waals surface area contributed by atoms with E-state index in [4.69, 9.17) is 17.0 Å². The van der Waals surface area contributed by atoms with E-state index >= 15 is 0 Å². The fourth-order valence-electron chi connectivity index (χ4n) is 2.14. The highest BCUT2D eigenvalue weighted by Gasteiger charge is 2.37. The second-order valence-electron chi connectivity index (χ2n) is 4.73. The molecule has 122 valence electrons. The first-order chi connectivity index (χ1) is 10.9. The first-order valence-corrected chi connectivity index (χ1v) is 7.96. The highest BCUT2D eigenvalue weighted by molar-refractivity contribution is 8.26. The van der Waals surface area contributed by atoms with Crippen molar-refractivity contribution in [1.29, 1.82) is 0 Å². The zero-order valence-corrected chi connectivity index (χ0v) is 14.1. The van der Waals surface area contributed by atoms with Crippen LogP contribution in [0, 0.1) is 0 Å². The molecule has 1 heterocycles. The molecule has 0 bridgehead atoms. The Hall–Kier alpha value is -2.06. The van der Waals surface area contributed by atoms with Gasteiger partial charge in [-0.25, -0.2) is 0 Å². The van der Waals surface area contributed by atoms with Gasteiger partial charge in [-0.15, -0.1) is 0 Å². The highest BCUT2D eigenvalue weighted by Crippen LogP contribution is 2.35. The van der Waals surface area contributed by atoms with Gasteiger partial charge in [0.1, 0.15) is 4.32 Å². The number of nitrogens with zero attached hydrogens (tertiary/aromatic N) is 1. The van der Waals surface area contributed by atoms with E-state index in [1.807, 2.05) is 0 Å². The molecule has 1 amide bonds. The molecule has 1 saturated heterocycles. The van der Waals surface area contributed by atoms with Crippen molar-refractivity contribution in [3.8, 4) is 11.5 Å². The van der Waals surface area contributed by atoms with Crippen LogP contribution in [0.25, 0.3) is 6.08 Å². The fraction of sp³-hybridized carbons (Fsp3) is 0.267. The van der Waals surface area contributed by atoms with Gasteiger partial charge in [-0.3, -0.25) is 9.69 Å². The van der Waals surface area contributed by atoms with E-state index in [9.17, 15) is 19.8 Å². The number of phenols is 1. The van der Waals surface area contributed by atoms with Crippen LogP contribution in [-0.2, 0) is 9.59 Å². The van der Waals surface area contributed by atoms with Crippen LogP contribution in [0.15, 0.2) is 23.1 Å². The normalized spacial score (nSPS) is 17.7. The van der Waals surface area contributed by atoms with E-state index in [2.05, 4.69) is 0 Å². The van der Waals surface area contributed by atoms with Gasteiger partial charge in [-0.2, -0.15) is 0 Å². The van der Waals surface area contributed by atoms with Crippen LogP contribution in [0.5, 0.6) is 11.5 Å². The molecule has 0 radical (unpaired) electrons. The number of thiocarbonyl (C=S) groups is 1. The number of amides is 1. The van der Waals surface area contributed by atoms with Crippen LogP contribution in [-0.4, -0.2) is 39.4 Å². The summed E-state index contributed by atoms with van der Waals surface area (Å²) in [5, 5.41) is 20.7. The Kier molecular flexibility index (Phi) is 5.27. The number of carboxylic acids is 1. The van der Waals surface area contributed by atoms with Crippen LogP contribution in [0.1, 0.15) is 18.9 Å². The molecule has 0 aromatic heterocycles. The number of carbonyl (C=O) groups excluding carboxylic acids is 2. The number of carbonyl (C=O) groups is 2. The molecule has 8 heteroatoms.